The van der Waals surface area contributed by atoms with Gasteiger partial charge in [-0.15, -0.1) is 0 Å². The molecule has 0 bridgehead atoms. The third-order valence-corrected chi connectivity index (χ3v) is 16.0. The number of amides is 5. The van der Waals surface area contributed by atoms with Crippen LogP contribution in [0.1, 0.15) is 106 Å². The quantitative estimate of drug-likeness (QED) is 0.0543. The number of carboxylic acids is 1. The molecule has 0 aliphatic carbocycles. The smallest absolute Gasteiger partial charge is 0.307 e. The summed E-state index contributed by atoms with van der Waals surface area (Å²) in [6.07, 6.45) is 0.400. The van der Waals surface area contributed by atoms with E-state index in [2.05, 4.69) is 0 Å². The largest absolute Gasteiger partial charge is 0.491 e. The maximum atomic E-state index is 14.7. The minimum Gasteiger partial charge on any atom is -0.491 e. The summed E-state index contributed by atoms with van der Waals surface area (Å²) in [6.45, 7) is 18.1. The van der Waals surface area contributed by atoms with Crippen molar-refractivity contribution in [1.29, 1.82) is 0 Å². The second-order valence-electron chi connectivity index (χ2n) is 22.0. The zero-order valence-corrected chi connectivity index (χ0v) is 49.6. The Balaban J connectivity index is 1.26. The molecule has 2 aromatic rings. The molecule has 2 aliphatic heterocycles. The number of rotatable bonds is 36. The second-order valence-corrected chi connectivity index (χ2v) is 22.0. The van der Waals surface area contributed by atoms with Gasteiger partial charge < -0.3 is 48.2 Å². The average Bonchev–Trinajstić information content (AvgIpc) is 3.99. The lowest BCUT2D eigenvalue weighted by Crippen LogP contribution is -2.54. The highest BCUT2D eigenvalue weighted by molar-refractivity contribution is 6.32. The van der Waals surface area contributed by atoms with Crippen molar-refractivity contribution < 1.29 is 71.9 Å². The molecule has 4 rings (SSSR count). The lowest BCUT2D eigenvalue weighted by Gasteiger charge is -2.41. The van der Waals surface area contributed by atoms with Gasteiger partial charge >= 0.3 is 5.97 Å². The van der Waals surface area contributed by atoms with Gasteiger partial charge in [0.1, 0.15) is 24.7 Å². The number of anilines is 1. The normalized spacial score (nSPS) is 17.8. The molecule has 0 radical (unpaired) electrons. The summed E-state index contributed by atoms with van der Waals surface area (Å²) < 4.78 is 34.6. The molecule has 0 spiro atoms. The SMILES string of the molecule is CCC(C)[C@@H]([C@@H](CC(=O)N1CCC[C@H]1[C@H](OC)[C@@H](C)C(=O)C[C@@H](Cc1ccccc1)C(=O)O)OC)N(C)C(=O)[C@@H](CC(=O)C(C(C)C)N(C)C(=O)COCCOCCOCCOc1ccc(N2C(=O)C(C)=C(C)C2=O)cc1)C(C)C. The van der Waals surface area contributed by atoms with Crippen LogP contribution in [-0.4, -0.2) is 178 Å². The number of benzene rings is 2. The molecule has 5 amide bonds. The standard InChI is InChI=1S/C61H90N4O15/c1-14-40(6)56(52(75-12)36-53(68)64-26-18-21-49(64)57(76-13)43(9)50(66)34-45(61(73)74)33-44-19-16-15-17-20-44)63(11)60(72)48(38(2)3)35-51(67)55(39(4)5)62(10)54(69)37-79-30-29-77-27-28-78-31-32-80-47-24-22-46(23-25-47)65-58(70)41(7)42(8)59(65)71/h15-17,19-20,22-25,38-40,43,45,48-49,52,55-57H,14,18,21,26-37H2,1-13H3,(H,73,74)/t40?,43-,45+,48-,49-,52+,55?,56-,57+/m0/s1. The summed E-state index contributed by atoms with van der Waals surface area (Å²) >= 11 is 0. The number of hydrogen-bond acceptors (Lipinski definition) is 14. The molecule has 2 aliphatic rings. The van der Waals surface area contributed by atoms with E-state index in [-0.39, 0.29) is 112 Å². The van der Waals surface area contributed by atoms with Crippen molar-refractivity contribution in [3.63, 3.8) is 0 Å². The minimum absolute atomic E-state index is 0.0587. The van der Waals surface area contributed by atoms with E-state index in [0.717, 1.165) is 10.5 Å². The van der Waals surface area contributed by atoms with Gasteiger partial charge in [0, 0.05) is 70.7 Å². The first-order chi connectivity index (χ1) is 38.0. The Morgan fingerprint density at radius 2 is 1.30 bits per heavy atom. The molecule has 9 atom stereocenters. The van der Waals surface area contributed by atoms with E-state index in [0.29, 0.717) is 61.6 Å². The van der Waals surface area contributed by atoms with E-state index in [9.17, 15) is 43.5 Å². The Morgan fingerprint density at radius 3 is 1.84 bits per heavy atom. The Hall–Kier alpha value is -5.86. The maximum absolute atomic E-state index is 14.7. The molecule has 19 heteroatoms. The summed E-state index contributed by atoms with van der Waals surface area (Å²) in [7, 11) is 6.29. The van der Waals surface area contributed by atoms with Crippen molar-refractivity contribution in [2.75, 3.05) is 86.0 Å². The van der Waals surface area contributed by atoms with Gasteiger partial charge in [-0.25, -0.2) is 4.90 Å². The first kappa shape index (κ1) is 66.7. The van der Waals surface area contributed by atoms with E-state index >= 15 is 0 Å². The number of carboxylic acid groups (broad SMARTS) is 1. The van der Waals surface area contributed by atoms with Crippen molar-refractivity contribution in [3.8, 4) is 5.75 Å². The third kappa shape index (κ3) is 18.1. The number of imide groups is 1. The number of methoxy groups -OCH3 is 2. The van der Waals surface area contributed by atoms with Crippen LogP contribution in [0.2, 0.25) is 0 Å². The highest BCUT2D eigenvalue weighted by atomic mass is 16.6. The summed E-state index contributed by atoms with van der Waals surface area (Å²) in [5.41, 5.74) is 2.16. The van der Waals surface area contributed by atoms with Gasteiger partial charge in [0.25, 0.3) is 11.8 Å². The molecule has 2 heterocycles. The van der Waals surface area contributed by atoms with Gasteiger partial charge in [0.15, 0.2) is 5.78 Å². The number of ether oxygens (including phenoxy) is 6. The Kier molecular flexibility index (Phi) is 27.1. The van der Waals surface area contributed by atoms with Crippen molar-refractivity contribution in [3.05, 3.63) is 71.3 Å². The van der Waals surface area contributed by atoms with E-state index in [1.165, 1.54) is 19.1 Å². The number of nitrogens with zero attached hydrogens (tertiary/aromatic N) is 4. The number of carbonyl (C=O) groups is 8. The molecule has 2 unspecified atom stereocenters. The number of hydrogen-bond donors (Lipinski definition) is 1. The van der Waals surface area contributed by atoms with Crippen LogP contribution >= 0.6 is 0 Å². The van der Waals surface area contributed by atoms with E-state index in [1.807, 2.05) is 71.9 Å². The average molecular weight is 1120 g/mol. The zero-order valence-electron chi connectivity index (χ0n) is 49.6. The first-order valence-corrected chi connectivity index (χ1v) is 28.2. The number of carbonyl (C=O) groups excluding carboxylic acids is 7. The lowest BCUT2D eigenvalue weighted by atomic mass is 9.83. The molecule has 1 fully saturated rings. The van der Waals surface area contributed by atoms with Crippen molar-refractivity contribution in [2.45, 2.75) is 138 Å². The molecule has 19 nitrogen and oxygen atoms in total. The molecule has 0 saturated carbocycles. The molecule has 80 heavy (non-hydrogen) atoms. The summed E-state index contributed by atoms with van der Waals surface area (Å²) in [5, 5.41) is 10.0. The van der Waals surface area contributed by atoms with Gasteiger partial charge in [-0.2, -0.15) is 0 Å². The Morgan fingerprint density at radius 1 is 0.713 bits per heavy atom. The van der Waals surface area contributed by atoms with Crippen LogP contribution in [0, 0.1) is 35.5 Å². The van der Waals surface area contributed by atoms with Gasteiger partial charge in [0.2, 0.25) is 17.7 Å². The van der Waals surface area contributed by atoms with Crippen molar-refractivity contribution in [2.24, 2.45) is 35.5 Å². The lowest BCUT2D eigenvalue weighted by molar-refractivity contribution is -0.150. The molecular formula is C61H90N4O15. The number of aliphatic carboxylic acids is 1. The van der Waals surface area contributed by atoms with Crippen LogP contribution < -0.4 is 9.64 Å². The number of Topliss-reactive ketones (excluding diaryl/α,β-unsaturated/α-hetero) is 2. The molecule has 1 N–H and O–H groups in total. The summed E-state index contributed by atoms with van der Waals surface area (Å²) in [6, 6.07) is 14.1. The third-order valence-electron chi connectivity index (χ3n) is 16.0. The van der Waals surface area contributed by atoms with Crippen LogP contribution in [-0.2, 0) is 68.5 Å². The highest BCUT2D eigenvalue weighted by Gasteiger charge is 2.44. The van der Waals surface area contributed by atoms with Crippen LogP contribution in [0.25, 0.3) is 0 Å². The maximum Gasteiger partial charge on any atom is 0.307 e. The van der Waals surface area contributed by atoms with Crippen LogP contribution in [0.4, 0.5) is 5.69 Å². The molecule has 444 valence electrons. The Bertz CT molecular complexity index is 2390. The fourth-order valence-corrected chi connectivity index (χ4v) is 10.9. The summed E-state index contributed by atoms with van der Waals surface area (Å²) in [5.74, 6) is -5.54. The predicted octanol–water partition coefficient (Wildman–Crippen LogP) is 6.86. The summed E-state index contributed by atoms with van der Waals surface area (Å²) in [4.78, 5) is 114. The van der Waals surface area contributed by atoms with E-state index in [1.54, 1.807) is 68.9 Å². The minimum atomic E-state index is -1.05. The number of likely N-dealkylation sites (tertiary alicyclic amines) is 1. The fraction of sp³-hybridized carbons (Fsp3) is 0.639. The van der Waals surface area contributed by atoms with Crippen LogP contribution in [0.5, 0.6) is 5.75 Å². The van der Waals surface area contributed by atoms with E-state index < -0.39 is 60.0 Å². The van der Waals surface area contributed by atoms with Crippen molar-refractivity contribution >= 4 is 52.8 Å². The zero-order chi connectivity index (χ0) is 59.4. The predicted molar refractivity (Wildman–Crippen MR) is 302 cm³/mol. The number of likely N-dealkylation sites (N-methyl/N-ethyl adjacent to an activating group) is 2. The monoisotopic (exact) mass is 1120 g/mol. The van der Waals surface area contributed by atoms with Crippen LogP contribution in [0.15, 0.2) is 65.7 Å². The molecule has 1 saturated heterocycles. The highest BCUT2D eigenvalue weighted by Crippen LogP contribution is 2.33. The first-order valence-electron chi connectivity index (χ1n) is 28.2. The van der Waals surface area contributed by atoms with Gasteiger partial charge in [0.05, 0.1) is 81.4 Å². The van der Waals surface area contributed by atoms with Crippen LogP contribution in [0.3, 0.4) is 0 Å². The molecule has 2 aromatic carbocycles. The molecule has 0 aromatic heterocycles. The second kappa shape index (κ2) is 32.5. The van der Waals surface area contributed by atoms with E-state index in [4.69, 9.17) is 28.4 Å². The van der Waals surface area contributed by atoms with Gasteiger partial charge in [-0.3, -0.25) is 38.4 Å². The Labute approximate surface area is 473 Å². The van der Waals surface area contributed by atoms with Gasteiger partial charge in [-0.05, 0) is 80.7 Å². The van der Waals surface area contributed by atoms with Gasteiger partial charge in [-0.1, -0.05) is 85.2 Å². The van der Waals surface area contributed by atoms with Crippen molar-refractivity contribution in [1.82, 2.24) is 14.7 Å². The molecular weight excluding hydrogens is 1030 g/mol. The topological polar surface area (TPSA) is 225 Å². The fourth-order valence-electron chi connectivity index (χ4n) is 10.9. The number of ketones is 2.